The van der Waals surface area contributed by atoms with Gasteiger partial charge in [-0.2, -0.15) is 5.26 Å². The molecule has 1 saturated carbocycles. The zero-order chi connectivity index (χ0) is 29.8. The van der Waals surface area contributed by atoms with E-state index in [4.69, 9.17) is 14.2 Å². The van der Waals surface area contributed by atoms with E-state index in [9.17, 15) is 14.9 Å². The topological polar surface area (TPSA) is 131 Å². The van der Waals surface area contributed by atoms with Crippen LogP contribution in [0.1, 0.15) is 26.5 Å². The normalized spacial score (nSPS) is 24.7. The average molecular weight is 580 g/mol. The Morgan fingerprint density at radius 3 is 2.45 bits per heavy atom. The summed E-state index contributed by atoms with van der Waals surface area (Å²) in [6, 6.07) is 9.09. The Balaban J connectivity index is 1.14. The molecule has 6 rings (SSSR count). The molecule has 1 aliphatic carbocycles. The molecule has 0 N–H and O–H groups in total. The SMILES string of the molecule is CC(C)(C)OC(=O)N1C[C@@H]2[C@H](C1)[C@@]2(C#N)c1ccc(-c2c(F)cc(N3C[C@H](COc4ccon4)OC3=O)cc2F)cn1. The van der Waals surface area contributed by atoms with Crippen molar-refractivity contribution >= 4 is 17.9 Å². The third-order valence-electron chi connectivity index (χ3n) is 7.74. The maximum atomic E-state index is 15.3. The van der Waals surface area contributed by atoms with E-state index < -0.39 is 40.9 Å². The minimum atomic E-state index is -0.888. The van der Waals surface area contributed by atoms with Crippen LogP contribution in [-0.4, -0.2) is 65.2 Å². The van der Waals surface area contributed by atoms with E-state index in [1.165, 1.54) is 24.6 Å². The molecule has 13 heteroatoms. The number of nitriles is 1. The van der Waals surface area contributed by atoms with Gasteiger partial charge in [0, 0.05) is 42.8 Å². The number of likely N-dealkylation sites (tertiary alicyclic amines) is 1. The van der Waals surface area contributed by atoms with E-state index in [1.807, 2.05) is 0 Å². The number of hydrogen-bond acceptors (Lipinski definition) is 9. The minimum Gasteiger partial charge on any atom is -0.471 e. The van der Waals surface area contributed by atoms with Gasteiger partial charge in [-0.15, -0.1) is 0 Å². The third-order valence-corrected chi connectivity index (χ3v) is 7.74. The number of rotatable bonds is 6. The van der Waals surface area contributed by atoms with Crippen LogP contribution in [0.3, 0.4) is 0 Å². The number of aromatic nitrogens is 2. The predicted octanol–water partition coefficient (Wildman–Crippen LogP) is 4.68. The number of amides is 2. The first-order chi connectivity index (χ1) is 20.0. The highest BCUT2D eigenvalue weighted by atomic mass is 19.1. The summed E-state index contributed by atoms with van der Waals surface area (Å²) in [4.78, 5) is 32.0. The zero-order valence-corrected chi connectivity index (χ0v) is 23.0. The van der Waals surface area contributed by atoms with Gasteiger partial charge in [-0.25, -0.2) is 18.4 Å². The fourth-order valence-corrected chi connectivity index (χ4v) is 5.76. The van der Waals surface area contributed by atoms with Crippen molar-refractivity contribution in [3.63, 3.8) is 0 Å². The lowest BCUT2D eigenvalue weighted by atomic mass is 9.95. The van der Waals surface area contributed by atoms with Crippen molar-refractivity contribution in [3.8, 4) is 23.1 Å². The van der Waals surface area contributed by atoms with Gasteiger partial charge >= 0.3 is 12.2 Å². The maximum Gasteiger partial charge on any atom is 0.414 e. The van der Waals surface area contributed by atoms with Gasteiger partial charge in [0.05, 0.1) is 29.6 Å². The summed E-state index contributed by atoms with van der Waals surface area (Å²) in [7, 11) is 0. The summed E-state index contributed by atoms with van der Waals surface area (Å²) in [6.07, 6.45) is 0.803. The van der Waals surface area contributed by atoms with Crippen LogP contribution in [0.4, 0.5) is 24.1 Å². The van der Waals surface area contributed by atoms with Gasteiger partial charge in [-0.1, -0.05) is 6.07 Å². The standard InChI is InChI=1S/C29H27F2N5O6/c1-28(2,3)42-26(37)35-12-19-20(13-35)29(19,15-32)23-5-4-16(10-33-23)25-21(30)8-17(9-22(25)31)36-11-18(41-27(36)38)14-39-24-6-7-40-34-24/h4-10,18-20H,11-14H2,1-3H3/t18-,19-,20+,29+/m1/s1. The molecule has 1 aromatic carbocycles. The van der Waals surface area contributed by atoms with E-state index >= 15 is 8.78 Å². The fraction of sp³-hybridized carbons (Fsp3) is 0.414. The van der Waals surface area contributed by atoms with Crippen molar-refractivity contribution in [1.82, 2.24) is 15.0 Å². The van der Waals surface area contributed by atoms with Crippen LogP contribution < -0.4 is 9.64 Å². The molecule has 2 amide bonds. The van der Waals surface area contributed by atoms with Crippen LogP contribution in [0.25, 0.3) is 11.1 Å². The molecule has 0 spiro atoms. The third kappa shape index (κ3) is 4.76. The summed E-state index contributed by atoms with van der Waals surface area (Å²) in [5, 5.41) is 13.7. The number of carbonyl (C=O) groups is 2. The highest BCUT2D eigenvalue weighted by molar-refractivity contribution is 5.90. The Morgan fingerprint density at radius 1 is 1.17 bits per heavy atom. The molecule has 4 atom stereocenters. The van der Waals surface area contributed by atoms with Gasteiger partial charge in [0.1, 0.15) is 35.5 Å². The van der Waals surface area contributed by atoms with Crippen molar-refractivity contribution in [2.45, 2.75) is 37.9 Å². The number of ether oxygens (including phenoxy) is 3. The summed E-state index contributed by atoms with van der Waals surface area (Å²) in [5.74, 6) is -1.76. The molecule has 2 aromatic heterocycles. The molecule has 4 heterocycles. The summed E-state index contributed by atoms with van der Waals surface area (Å²) >= 11 is 0. The van der Waals surface area contributed by atoms with Crippen molar-refractivity contribution in [2.24, 2.45) is 11.8 Å². The molecule has 0 unspecified atom stereocenters. The van der Waals surface area contributed by atoms with Crippen LogP contribution in [0, 0.1) is 34.8 Å². The number of hydrogen-bond donors (Lipinski definition) is 0. The van der Waals surface area contributed by atoms with Gasteiger partial charge < -0.3 is 23.6 Å². The first-order valence-corrected chi connectivity index (χ1v) is 13.4. The van der Waals surface area contributed by atoms with Gasteiger partial charge in [-0.3, -0.25) is 9.88 Å². The molecular weight excluding hydrogens is 552 g/mol. The van der Waals surface area contributed by atoms with Crippen LogP contribution in [-0.2, 0) is 14.9 Å². The molecule has 3 aliphatic rings. The van der Waals surface area contributed by atoms with Crippen molar-refractivity contribution < 1.29 is 37.1 Å². The smallest absolute Gasteiger partial charge is 0.414 e. The highest BCUT2D eigenvalue weighted by Gasteiger charge is 2.71. The number of anilines is 1. The van der Waals surface area contributed by atoms with Gasteiger partial charge in [0.2, 0.25) is 0 Å². The van der Waals surface area contributed by atoms with E-state index in [0.29, 0.717) is 18.8 Å². The van der Waals surface area contributed by atoms with Crippen LogP contribution in [0.15, 0.2) is 47.3 Å². The fourth-order valence-electron chi connectivity index (χ4n) is 5.76. The van der Waals surface area contributed by atoms with E-state index in [-0.39, 0.29) is 47.7 Å². The second-order valence-electron chi connectivity index (χ2n) is 11.6. The lowest BCUT2D eigenvalue weighted by Crippen LogP contribution is -2.39. The molecule has 218 valence electrons. The minimum absolute atomic E-state index is 0.00366. The number of piperidine rings is 1. The van der Waals surface area contributed by atoms with E-state index in [2.05, 4.69) is 20.7 Å². The zero-order valence-electron chi connectivity index (χ0n) is 23.0. The maximum absolute atomic E-state index is 15.3. The predicted molar refractivity (Wildman–Crippen MR) is 141 cm³/mol. The molecular formula is C29H27F2N5O6. The molecule has 0 bridgehead atoms. The number of nitrogens with zero attached hydrogens (tertiary/aromatic N) is 5. The Bertz CT molecular complexity index is 1530. The van der Waals surface area contributed by atoms with Gasteiger partial charge in [0.25, 0.3) is 5.88 Å². The number of benzene rings is 1. The number of cyclic esters (lactones) is 1. The Kier molecular flexibility index (Phi) is 6.51. The van der Waals surface area contributed by atoms with Crippen LogP contribution >= 0.6 is 0 Å². The first-order valence-electron chi connectivity index (χ1n) is 13.4. The number of halogens is 2. The van der Waals surface area contributed by atoms with E-state index in [0.717, 1.165) is 17.0 Å². The Hall–Kier alpha value is -4.73. The number of fused-ring (bicyclic) bond motifs is 1. The highest BCUT2D eigenvalue weighted by Crippen LogP contribution is 2.63. The summed E-state index contributed by atoms with van der Waals surface area (Å²) in [5.41, 5.74) is -1.14. The summed E-state index contributed by atoms with van der Waals surface area (Å²) in [6.45, 7) is 6.12. The molecule has 2 saturated heterocycles. The van der Waals surface area contributed by atoms with Crippen molar-refractivity contribution in [2.75, 3.05) is 31.1 Å². The first kappa shape index (κ1) is 27.4. The molecule has 42 heavy (non-hydrogen) atoms. The Morgan fingerprint density at radius 2 is 1.88 bits per heavy atom. The number of pyridine rings is 1. The van der Waals surface area contributed by atoms with Crippen molar-refractivity contribution in [1.29, 1.82) is 5.26 Å². The second-order valence-corrected chi connectivity index (χ2v) is 11.6. The molecule has 11 nitrogen and oxygen atoms in total. The Labute approximate surface area is 239 Å². The monoisotopic (exact) mass is 579 g/mol. The second kappa shape index (κ2) is 9.97. The number of carbonyl (C=O) groups excluding carboxylic acids is 2. The lowest BCUT2D eigenvalue weighted by molar-refractivity contribution is 0.0265. The van der Waals surface area contributed by atoms with Crippen LogP contribution in [0.5, 0.6) is 5.88 Å². The van der Waals surface area contributed by atoms with Gasteiger partial charge in [0.15, 0.2) is 6.10 Å². The largest absolute Gasteiger partial charge is 0.471 e. The quantitative estimate of drug-likeness (QED) is 0.409. The molecule has 2 aliphatic heterocycles. The lowest BCUT2D eigenvalue weighted by Gasteiger charge is -2.27. The average Bonchev–Trinajstić information content (AvgIpc) is 3.45. The van der Waals surface area contributed by atoms with E-state index in [1.54, 1.807) is 31.7 Å². The molecule has 0 radical (unpaired) electrons. The van der Waals surface area contributed by atoms with Crippen LogP contribution in [0.2, 0.25) is 0 Å². The molecule has 3 fully saturated rings. The molecule has 3 aromatic rings. The summed E-state index contributed by atoms with van der Waals surface area (Å²) < 4.78 is 51.3. The van der Waals surface area contributed by atoms with Gasteiger partial charge in [-0.05, 0) is 44.1 Å². The van der Waals surface area contributed by atoms with Crippen molar-refractivity contribution in [3.05, 3.63) is 60.1 Å².